The van der Waals surface area contributed by atoms with Crippen molar-refractivity contribution < 1.29 is 9.53 Å². The SMILES string of the molecule is CCOc1ccc(C(C)(C)CN)cc1NC(C)=O. The van der Waals surface area contributed by atoms with Crippen molar-refractivity contribution in [2.45, 2.75) is 33.1 Å². The van der Waals surface area contributed by atoms with Gasteiger partial charge in [-0.1, -0.05) is 19.9 Å². The maximum atomic E-state index is 11.2. The molecular weight excluding hydrogens is 228 g/mol. The van der Waals surface area contributed by atoms with Gasteiger partial charge in [0, 0.05) is 18.9 Å². The number of carbonyl (C=O) groups excluding carboxylic acids is 1. The van der Waals surface area contributed by atoms with Crippen LogP contribution >= 0.6 is 0 Å². The third kappa shape index (κ3) is 3.47. The summed E-state index contributed by atoms with van der Waals surface area (Å²) in [5.74, 6) is 0.572. The third-order valence-corrected chi connectivity index (χ3v) is 2.88. The van der Waals surface area contributed by atoms with Gasteiger partial charge in [-0.15, -0.1) is 0 Å². The summed E-state index contributed by atoms with van der Waals surface area (Å²) in [5, 5.41) is 2.79. The molecule has 0 unspecified atom stereocenters. The molecule has 0 aromatic heterocycles. The third-order valence-electron chi connectivity index (χ3n) is 2.88. The average Bonchev–Trinajstić information content (AvgIpc) is 2.31. The zero-order valence-electron chi connectivity index (χ0n) is 11.5. The molecule has 0 saturated carbocycles. The van der Waals surface area contributed by atoms with Gasteiger partial charge in [0.25, 0.3) is 0 Å². The molecule has 0 aliphatic carbocycles. The Labute approximate surface area is 109 Å². The number of anilines is 1. The first-order valence-corrected chi connectivity index (χ1v) is 6.15. The molecule has 0 aliphatic heterocycles. The summed E-state index contributed by atoms with van der Waals surface area (Å²) in [4.78, 5) is 11.2. The maximum Gasteiger partial charge on any atom is 0.221 e. The molecule has 1 aromatic rings. The summed E-state index contributed by atoms with van der Waals surface area (Å²) in [6.45, 7) is 8.64. The van der Waals surface area contributed by atoms with Crippen LogP contribution in [0.4, 0.5) is 5.69 Å². The van der Waals surface area contributed by atoms with Crippen LogP contribution in [0.1, 0.15) is 33.3 Å². The van der Waals surface area contributed by atoms with Gasteiger partial charge in [0.15, 0.2) is 0 Å². The highest BCUT2D eigenvalue weighted by molar-refractivity contribution is 5.90. The van der Waals surface area contributed by atoms with E-state index in [9.17, 15) is 4.79 Å². The summed E-state index contributed by atoms with van der Waals surface area (Å²) in [5.41, 5.74) is 7.42. The Bertz CT molecular complexity index is 428. The number of carbonyl (C=O) groups is 1. The number of nitrogens with one attached hydrogen (secondary N) is 1. The Hall–Kier alpha value is -1.55. The minimum Gasteiger partial charge on any atom is -0.492 e. The summed E-state index contributed by atoms with van der Waals surface area (Å²) in [6.07, 6.45) is 0. The zero-order chi connectivity index (χ0) is 13.8. The summed E-state index contributed by atoms with van der Waals surface area (Å²) >= 11 is 0. The van der Waals surface area contributed by atoms with E-state index in [0.717, 1.165) is 5.56 Å². The van der Waals surface area contributed by atoms with Crippen LogP contribution < -0.4 is 15.8 Å². The normalized spacial score (nSPS) is 11.2. The Morgan fingerprint density at radius 3 is 2.61 bits per heavy atom. The number of hydrogen-bond donors (Lipinski definition) is 2. The van der Waals surface area contributed by atoms with Gasteiger partial charge in [0.05, 0.1) is 12.3 Å². The second kappa shape index (κ2) is 5.87. The van der Waals surface area contributed by atoms with Crippen LogP contribution in [0.3, 0.4) is 0 Å². The highest BCUT2D eigenvalue weighted by Crippen LogP contribution is 2.31. The van der Waals surface area contributed by atoms with E-state index in [0.29, 0.717) is 24.6 Å². The number of benzene rings is 1. The topological polar surface area (TPSA) is 64.3 Å². The fourth-order valence-electron chi connectivity index (χ4n) is 1.64. The fourth-order valence-corrected chi connectivity index (χ4v) is 1.64. The van der Waals surface area contributed by atoms with Crippen molar-refractivity contribution in [2.24, 2.45) is 5.73 Å². The zero-order valence-corrected chi connectivity index (χ0v) is 11.5. The quantitative estimate of drug-likeness (QED) is 0.842. The molecule has 0 bridgehead atoms. The van der Waals surface area contributed by atoms with Crippen molar-refractivity contribution in [3.8, 4) is 5.75 Å². The molecule has 0 atom stereocenters. The van der Waals surface area contributed by atoms with Gasteiger partial charge in [-0.3, -0.25) is 4.79 Å². The largest absolute Gasteiger partial charge is 0.492 e. The summed E-state index contributed by atoms with van der Waals surface area (Å²) in [6, 6.07) is 5.80. The summed E-state index contributed by atoms with van der Waals surface area (Å²) < 4.78 is 5.49. The van der Waals surface area contributed by atoms with Crippen LogP contribution in [0.25, 0.3) is 0 Å². The predicted octanol–water partition coefficient (Wildman–Crippen LogP) is 2.28. The van der Waals surface area contributed by atoms with Gasteiger partial charge < -0.3 is 15.8 Å². The van der Waals surface area contributed by atoms with Crippen molar-refractivity contribution >= 4 is 11.6 Å². The second-order valence-electron chi connectivity index (χ2n) is 4.91. The number of nitrogens with two attached hydrogens (primary N) is 1. The molecule has 1 amide bonds. The molecule has 0 heterocycles. The van der Waals surface area contributed by atoms with Crippen molar-refractivity contribution in [3.05, 3.63) is 23.8 Å². The van der Waals surface area contributed by atoms with Crippen LogP contribution in [0.15, 0.2) is 18.2 Å². The lowest BCUT2D eigenvalue weighted by atomic mass is 9.84. The van der Waals surface area contributed by atoms with Crippen molar-refractivity contribution in [3.63, 3.8) is 0 Å². The lowest BCUT2D eigenvalue weighted by Crippen LogP contribution is -2.28. The lowest BCUT2D eigenvalue weighted by molar-refractivity contribution is -0.114. The smallest absolute Gasteiger partial charge is 0.221 e. The Morgan fingerprint density at radius 1 is 1.44 bits per heavy atom. The van der Waals surface area contributed by atoms with Crippen LogP contribution in [-0.4, -0.2) is 19.1 Å². The highest BCUT2D eigenvalue weighted by atomic mass is 16.5. The first-order chi connectivity index (χ1) is 8.40. The molecule has 0 radical (unpaired) electrons. The molecular formula is C14H22N2O2. The first kappa shape index (κ1) is 14.5. The number of rotatable bonds is 5. The van der Waals surface area contributed by atoms with Gasteiger partial charge >= 0.3 is 0 Å². The second-order valence-corrected chi connectivity index (χ2v) is 4.91. The molecule has 1 aromatic carbocycles. The lowest BCUT2D eigenvalue weighted by Gasteiger charge is -2.24. The molecule has 0 saturated heterocycles. The van der Waals surface area contributed by atoms with Crippen LogP contribution in [0.2, 0.25) is 0 Å². The first-order valence-electron chi connectivity index (χ1n) is 6.15. The molecule has 18 heavy (non-hydrogen) atoms. The molecule has 0 fully saturated rings. The van der Waals surface area contributed by atoms with Crippen molar-refractivity contribution in [1.82, 2.24) is 0 Å². The van der Waals surface area contributed by atoms with Gasteiger partial charge in [-0.05, 0) is 24.6 Å². The standard InChI is InChI=1S/C14H22N2O2/c1-5-18-13-7-6-11(14(3,4)9-15)8-12(13)16-10(2)17/h6-8H,5,9,15H2,1-4H3,(H,16,17). The van der Waals surface area contributed by atoms with E-state index in [2.05, 4.69) is 19.2 Å². The Kier molecular flexibility index (Phi) is 4.73. The van der Waals surface area contributed by atoms with Gasteiger partial charge in [-0.25, -0.2) is 0 Å². The van der Waals surface area contributed by atoms with E-state index in [1.807, 2.05) is 25.1 Å². The molecule has 3 N–H and O–H groups in total. The van der Waals surface area contributed by atoms with Gasteiger partial charge in [0.1, 0.15) is 5.75 Å². The number of hydrogen-bond acceptors (Lipinski definition) is 3. The minimum atomic E-state index is -0.127. The minimum absolute atomic E-state index is 0.112. The molecule has 0 aliphatic rings. The monoisotopic (exact) mass is 250 g/mol. The molecule has 0 spiro atoms. The van der Waals surface area contributed by atoms with Crippen LogP contribution in [0, 0.1) is 0 Å². The van der Waals surface area contributed by atoms with Crippen LogP contribution in [-0.2, 0) is 10.2 Å². The summed E-state index contributed by atoms with van der Waals surface area (Å²) in [7, 11) is 0. The van der Waals surface area contributed by atoms with Crippen LogP contribution in [0.5, 0.6) is 5.75 Å². The average molecular weight is 250 g/mol. The number of ether oxygens (including phenoxy) is 1. The van der Waals surface area contributed by atoms with Crippen molar-refractivity contribution in [2.75, 3.05) is 18.5 Å². The molecule has 100 valence electrons. The van der Waals surface area contributed by atoms with Gasteiger partial charge in [0.2, 0.25) is 5.91 Å². The van der Waals surface area contributed by atoms with Crippen molar-refractivity contribution in [1.29, 1.82) is 0 Å². The van der Waals surface area contributed by atoms with E-state index in [-0.39, 0.29) is 11.3 Å². The predicted molar refractivity (Wildman–Crippen MR) is 74.0 cm³/mol. The Morgan fingerprint density at radius 2 is 2.11 bits per heavy atom. The maximum absolute atomic E-state index is 11.2. The highest BCUT2D eigenvalue weighted by Gasteiger charge is 2.20. The fraction of sp³-hybridized carbons (Fsp3) is 0.500. The van der Waals surface area contributed by atoms with Gasteiger partial charge in [-0.2, -0.15) is 0 Å². The van der Waals surface area contributed by atoms with E-state index in [1.165, 1.54) is 6.92 Å². The van der Waals surface area contributed by atoms with E-state index >= 15 is 0 Å². The molecule has 1 rings (SSSR count). The molecule has 4 nitrogen and oxygen atoms in total. The van der Waals surface area contributed by atoms with E-state index < -0.39 is 0 Å². The van der Waals surface area contributed by atoms with E-state index in [1.54, 1.807) is 0 Å². The molecule has 4 heteroatoms. The van der Waals surface area contributed by atoms with E-state index in [4.69, 9.17) is 10.5 Å². The Balaban J connectivity index is 3.16. The number of amides is 1.